The van der Waals surface area contributed by atoms with Gasteiger partial charge in [-0.3, -0.25) is 0 Å². The van der Waals surface area contributed by atoms with Crippen molar-refractivity contribution < 1.29 is 0 Å². The average Bonchev–Trinajstić information content (AvgIpc) is 2.88. The molecule has 108 valence electrons. The van der Waals surface area contributed by atoms with Gasteiger partial charge in [-0.05, 0) is 40.2 Å². The third-order valence-corrected chi connectivity index (χ3v) is 4.88. The smallest absolute Gasteiger partial charge is 0.135 e. The van der Waals surface area contributed by atoms with Crippen LogP contribution < -0.4 is 10.6 Å². The molecule has 6 heteroatoms. The Bertz CT molecular complexity index is 556. The number of aromatic nitrogens is 2. The van der Waals surface area contributed by atoms with Crippen molar-refractivity contribution in [1.82, 2.24) is 9.97 Å². The van der Waals surface area contributed by atoms with E-state index < -0.39 is 0 Å². The van der Waals surface area contributed by atoms with Crippen LogP contribution in [0.15, 0.2) is 22.2 Å². The third kappa shape index (κ3) is 3.70. The zero-order valence-electron chi connectivity index (χ0n) is 11.7. The van der Waals surface area contributed by atoms with Gasteiger partial charge in [0.05, 0.1) is 6.54 Å². The predicted octanol–water partition coefficient (Wildman–Crippen LogP) is 4.30. The summed E-state index contributed by atoms with van der Waals surface area (Å²) in [4.78, 5) is 9.99. The van der Waals surface area contributed by atoms with E-state index in [-0.39, 0.29) is 0 Å². The van der Waals surface area contributed by atoms with Crippen molar-refractivity contribution in [3.05, 3.63) is 32.7 Å². The van der Waals surface area contributed by atoms with E-state index in [0.29, 0.717) is 0 Å². The molecule has 0 aromatic carbocycles. The Morgan fingerprint density at radius 3 is 2.55 bits per heavy atom. The van der Waals surface area contributed by atoms with Crippen LogP contribution in [0, 0.1) is 0 Å². The van der Waals surface area contributed by atoms with Gasteiger partial charge in [0.2, 0.25) is 0 Å². The fourth-order valence-corrected chi connectivity index (χ4v) is 3.34. The molecule has 0 spiro atoms. The Hall–Kier alpha value is -1.14. The second kappa shape index (κ2) is 7.59. The number of rotatable bonds is 7. The molecule has 2 aromatic heterocycles. The highest BCUT2D eigenvalue weighted by Crippen LogP contribution is 2.25. The summed E-state index contributed by atoms with van der Waals surface area (Å²) < 4.78 is 1.14. The van der Waals surface area contributed by atoms with E-state index in [0.717, 1.165) is 47.6 Å². The Labute approximate surface area is 132 Å². The summed E-state index contributed by atoms with van der Waals surface area (Å²) in [6.07, 6.45) is 3.60. The molecule has 20 heavy (non-hydrogen) atoms. The van der Waals surface area contributed by atoms with Crippen molar-refractivity contribution in [3.63, 3.8) is 0 Å². The molecule has 0 saturated heterocycles. The van der Waals surface area contributed by atoms with Crippen LogP contribution in [0.2, 0.25) is 0 Å². The monoisotopic (exact) mass is 354 g/mol. The Balaban J connectivity index is 2.12. The molecule has 0 aliphatic carbocycles. The normalized spacial score (nSPS) is 10.6. The maximum Gasteiger partial charge on any atom is 0.135 e. The molecule has 2 rings (SSSR count). The van der Waals surface area contributed by atoms with E-state index in [4.69, 9.17) is 0 Å². The zero-order valence-corrected chi connectivity index (χ0v) is 14.1. The van der Waals surface area contributed by atoms with Crippen LogP contribution in [0.1, 0.15) is 30.7 Å². The van der Waals surface area contributed by atoms with Crippen molar-refractivity contribution in [3.8, 4) is 0 Å². The maximum absolute atomic E-state index is 4.37. The molecule has 0 bridgehead atoms. The molecular formula is C14H19BrN4S. The zero-order chi connectivity index (χ0) is 14.4. The molecule has 0 fully saturated rings. The second-order valence-electron chi connectivity index (χ2n) is 4.38. The molecule has 2 aromatic rings. The number of halogens is 1. The van der Waals surface area contributed by atoms with Crippen molar-refractivity contribution in [2.75, 3.05) is 17.2 Å². The van der Waals surface area contributed by atoms with Crippen LogP contribution in [-0.4, -0.2) is 16.5 Å². The van der Waals surface area contributed by atoms with Gasteiger partial charge in [-0.1, -0.05) is 13.8 Å². The summed E-state index contributed by atoms with van der Waals surface area (Å²) in [5, 5.41) is 8.85. The van der Waals surface area contributed by atoms with Crippen LogP contribution in [0.25, 0.3) is 0 Å². The van der Waals surface area contributed by atoms with Gasteiger partial charge in [0, 0.05) is 21.5 Å². The van der Waals surface area contributed by atoms with Gasteiger partial charge in [-0.25, -0.2) is 9.97 Å². The van der Waals surface area contributed by atoms with Crippen LogP contribution in [0.5, 0.6) is 0 Å². The summed E-state index contributed by atoms with van der Waals surface area (Å²) >= 11 is 5.28. The number of nitrogens with zero attached hydrogens (tertiary/aromatic N) is 2. The molecule has 2 heterocycles. The molecule has 4 nitrogen and oxygen atoms in total. The van der Waals surface area contributed by atoms with Crippen molar-refractivity contribution in [1.29, 1.82) is 0 Å². The summed E-state index contributed by atoms with van der Waals surface area (Å²) in [6.45, 7) is 5.98. The lowest BCUT2D eigenvalue weighted by Crippen LogP contribution is -2.10. The molecule has 0 aliphatic rings. The first-order valence-corrected chi connectivity index (χ1v) is 8.47. The van der Waals surface area contributed by atoms with Crippen LogP contribution >= 0.6 is 27.3 Å². The molecular weight excluding hydrogens is 336 g/mol. The average molecular weight is 355 g/mol. The van der Waals surface area contributed by atoms with Crippen LogP contribution in [0.3, 0.4) is 0 Å². The molecule has 0 aliphatic heterocycles. The predicted molar refractivity (Wildman–Crippen MR) is 89.5 cm³/mol. The van der Waals surface area contributed by atoms with E-state index in [1.165, 1.54) is 4.88 Å². The second-order valence-corrected chi connectivity index (χ2v) is 6.23. The SMILES string of the molecule is CCCNc1ncnc(NCc2sccc2Br)c1CC. The summed E-state index contributed by atoms with van der Waals surface area (Å²) in [6, 6.07) is 2.07. The summed E-state index contributed by atoms with van der Waals surface area (Å²) in [5.74, 6) is 1.86. The van der Waals surface area contributed by atoms with E-state index in [1.54, 1.807) is 17.7 Å². The van der Waals surface area contributed by atoms with Gasteiger partial charge < -0.3 is 10.6 Å². The first-order valence-electron chi connectivity index (χ1n) is 6.79. The van der Waals surface area contributed by atoms with Gasteiger partial charge in [0.1, 0.15) is 18.0 Å². The lowest BCUT2D eigenvalue weighted by molar-refractivity contribution is 0.945. The minimum absolute atomic E-state index is 0.773. The molecule has 2 N–H and O–H groups in total. The number of hydrogen-bond acceptors (Lipinski definition) is 5. The molecule has 0 atom stereocenters. The number of hydrogen-bond donors (Lipinski definition) is 2. The van der Waals surface area contributed by atoms with E-state index in [2.05, 4.69) is 61.8 Å². The highest BCUT2D eigenvalue weighted by atomic mass is 79.9. The molecule has 0 unspecified atom stereocenters. The van der Waals surface area contributed by atoms with Gasteiger partial charge in [-0.2, -0.15) is 0 Å². The quantitative estimate of drug-likeness (QED) is 0.778. The number of nitrogens with one attached hydrogen (secondary N) is 2. The number of anilines is 2. The van der Waals surface area contributed by atoms with Crippen molar-refractivity contribution in [2.45, 2.75) is 33.2 Å². The lowest BCUT2D eigenvalue weighted by Gasteiger charge is -2.13. The third-order valence-electron chi connectivity index (χ3n) is 2.95. The Morgan fingerprint density at radius 2 is 1.95 bits per heavy atom. The molecule has 0 amide bonds. The van der Waals surface area contributed by atoms with Crippen molar-refractivity contribution in [2.24, 2.45) is 0 Å². The van der Waals surface area contributed by atoms with E-state index in [9.17, 15) is 0 Å². The maximum atomic E-state index is 4.37. The molecule has 0 radical (unpaired) electrons. The minimum atomic E-state index is 0.773. The van der Waals surface area contributed by atoms with E-state index in [1.807, 2.05) is 0 Å². The summed E-state index contributed by atoms with van der Waals surface area (Å²) in [5.41, 5.74) is 1.15. The highest BCUT2D eigenvalue weighted by Gasteiger charge is 2.10. The lowest BCUT2D eigenvalue weighted by atomic mass is 10.2. The highest BCUT2D eigenvalue weighted by molar-refractivity contribution is 9.10. The topological polar surface area (TPSA) is 49.8 Å². The fourth-order valence-electron chi connectivity index (χ4n) is 1.91. The van der Waals surface area contributed by atoms with Gasteiger partial charge in [0.15, 0.2) is 0 Å². The summed E-state index contributed by atoms with van der Waals surface area (Å²) in [7, 11) is 0. The molecule has 0 saturated carbocycles. The Morgan fingerprint density at radius 1 is 1.20 bits per heavy atom. The largest absolute Gasteiger partial charge is 0.370 e. The minimum Gasteiger partial charge on any atom is -0.370 e. The first-order chi connectivity index (χ1) is 9.76. The van der Waals surface area contributed by atoms with Crippen LogP contribution in [0.4, 0.5) is 11.6 Å². The van der Waals surface area contributed by atoms with Crippen LogP contribution in [-0.2, 0) is 13.0 Å². The van der Waals surface area contributed by atoms with Gasteiger partial charge >= 0.3 is 0 Å². The Kier molecular flexibility index (Phi) is 5.79. The van der Waals surface area contributed by atoms with Gasteiger partial charge in [0.25, 0.3) is 0 Å². The fraction of sp³-hybridized carbons (Fsp3) is 0.429. The van der Waals surface area contributed by atoms with E-state index >= 15 is 0 Å². The number of thiophene rings is 1. The first kappa shape index (κ1) is 15.3. The van der Waals surface area contributed by atoms with Crippen molar-refractivity contribution >= 4 is 38.9 Å². The van der Waals surface area contributed by atoms with Gasteiger partial charge in [-0.15, -0.1) is 11.3 Å². The standard InChI is InChI=1S/C14H19BrN4S/c1-3-6-16-13-10(4-2)14(19-9-18-13)17-8-12-11(15)5-7-20-12/h5,7,9H,3-4,6,8H2,1-2H3,(H2,16,17,18,19).